The van der Waals surface area contributed by atoms with Crippen LogP contribution < -0.4 is 4.90 Å². The molecule has 130 valence electrons. The monoisotopic (exact) mass is 329 g/mol. The fourth-order valence-electron chi connectivity index (χ4n) is 4.23. The normalized spacial score (nSPS) is 27.3. The molecule has 1 amide bonds. The summed E-state index contributed by atoms with van der Waals surface area (Å²) in [5.74, 6) is 2.46. The van der Waals surface area contributed by atoms with Gasteiger partial charge < -0.3 is 14.7 Å². The molecule has 2 saturated heterocycles. The van der Waals surface area contributed by atoms with Crippen LogP contribution >= 0.6 is 0 Å². The highest BCUT2D eigenvalue weighted by Gasteiger charge is 2.43. The number of hydrogen-bond acceptors (Lipinski definition) is 5. The van der Waals surface area contributed by atoms with E-state index in [1.165, 1.54) is 12.8 Å². The van der Waals surface area contributed by atoms with E-state index in [1.807, 2.05) is 11.1 Å². The summed E-state index contributed by atoms with van der Waals surface area (Å²) < 4.78 is 0. The van der Waals surface area contributed by atoms with Crippen LogP contribution in [0.3, 0.4) is 0 Å². The van der Waals surface area contributed by atoms with Crippen molar-refractivity contribution in [2.24, 2.45) is 11.8 Å². The number of likely N-dealkylation sites (tertiary alicyclic amines) is 1. The van der Waals surface area contributed by atoms with Crippen LogP contribution in [0.4, 0.5) is 5.82 Å². The van der Waals surface area contributed by atoms with Gasteiger partial charge in [-0.3, -0.25) is 9.78 Å². The van der Waals surface area contributed by atoms with Crippen LogP contribution in [0.1, 0.15) is 36.2 Å². The number of nitrogens with zero attached hydrogens (tertiary/aromatic N) is 5. The molecule has 2 aliphatic heterocycles. The van der Waals surface area contributed by atoms with Crippen molar-refractivity contribution in [1.29, 1.82) is 0 Å². The van der Waals surface area contributed by atoms with Crippen molar-refractivity contribution in [2.45, 2.75) is 31.7 Å². The average Bonchev–Trinajstić information content (AvgIpc) is 3.12. The second-order valence-corrected chi connectivity index (χ2v) is 7.70. The molecule has 1 aliphatic carbocycles. The summed E-state index contributed by atoms with van der Waals surface area (Å²) in [4.78, 5) is 28.1. The van der Waals surface area contributed by atoms with Gasteiger partial charge in [-0.15, -0.1) is 0 Å². The summed E-state index contributed by atoms with van der Waals surface area (Å²) >= 11 is 0. The van der Waals surface area contributed by atoms with E-state index in [1.54, 1.807) is 6.20 Å². The zero-order valence-corrected chi connectivity index (χ0v) is 14.7. The Hall–Kier alpha value is -1.69. The van der Waals surface area contributed by atoms with E-state index in [2.05, 4.69) is 33.9 Å². The van der Waals surface area contributed by atoms with Gasteiger partial charge >= 0.3 is 0 Å². The van der Waals surface area contributed by atoms with Crippen molar-refractivity contribution in [2.75, 3.05) is 45.2 Å². The summed E-state index contributed by atoms with van der Waals surface area (Å²) in [6.45, 7) is 3.70. The van der Waals surface area contributed by atoms with Gasteiger partial charge in [0.2, 0.25) is 0 Å². The molecular weight excluding hydrogens is 302 g/mol. The lowest BCUT2D eigenvalue weighted by Crippen LogP contribution is -2.36. The van der Waals surface area contributed by atoms with Gasteiger partial charge in [0.05, 0.1) is 12.4 Å². The molecule has 0 radical (unpaired) electrons. The molecule has 1 saturated carbocycles. The molecule has 0 unspecified atom stereocenters. The van der Waals surface area contributed by atoms with Crippen LogP contribution in [0, 0.1) is 11.8 Å². The first-order valence-electron chi connectivity index (χ1n) is 9.16. The van der Waals surface area contributed by atoms with E-state index >= 15 is 0 Å². The second kappa shape index (κ2) is 6.31. The van der Waals surface area contributed by atoms with Crippen LogP contribution in [0.2, 0.25) is 0 Å². The van der Waals surface area contributed by atoms with Crippen LogP contribution in [0.25, 0.3) is 0 Å². The van der Waals surface area contributed by atoms with Gasteiger partial charge in [-0.05, 0) is 51.6 Å². The number of hydrogen-bond donors (Lipinski definition) is 0. The lowest BCUT2D eigenvalue weighted by atomic mass is 9.97. The lowest BCUT2D eigenvalue weighted by Gasteiger charge is -2.24. The van der Waals surface area contributed by atoms with E-state index in [4.69, 9.17) is 0 Å². The average molecular weight is 329 g/mol. The summed E-state index contributed by atoms with van der Waals surface area (Å²) in [5.41, 5.74) is 0.491. The molecule has 24 heavy (non-hydrogen) atoms. The number of aromatic nitrogens is 2. The van der Waals surface area contributed by atoms with Crippen LogP contribution in [0.15, 0.2) is 12.4 Å². The Morgan fingerprint density at radius 3 is 2.58 bits per heavy atom. The summed E-state index contributed by atoms with van der Waals surface area (Å²) in [6.07, 6.45) is 8.34. The van der Waals surface area contributed by atoms with Crippen LogP contribution in [-0.4, -0.2) is 72.0 Å². The highest BCUT2D eigenvalue weighted by Crippen LogP contribution is 2.43. The Labute approximate surface area is 143 Å². The van der Waals surface area contributed by atoms with Crippen molar-refractivity contribution >= 4 is 11.7 Å². The molecule has 6 heteroatoms. The fourth-order valence-corrected chi connectivity index (χ4v) is 4.23. The zero-order valence-electron chi connectivity index (χ0n) is 14.7. The quantitative estimate of drug-likeness (QED) is 0.838. The third-order valence-electron chi connectivity index (χ3n) is 5.78. The molecule has 6 nitrogen and oxygen atoms in total. The largest absolute Gasteiger partial charge is 0.353 e. The molecule has 0 aromatic carbocycles. The number of carbonyl (C=O) groups is 1. The number of amides is 1. The van der Waals surface area contributed by atoms with Crippen molar-refractivity contribution in [1.82, 2.24) is 19.8 Å². The van der Waals surface area contributed by atoms with Crippen LogP contribution in [-0.2, 0) is 0 Å². The Morgan fingerprint density at radius 2 is 1.92 bits per heavy atom. The lowest BCUT2D eigenvalue weighted by molar-refractivity contribution is 0.0786. The fraction of sp³-hybridized carbons (Fsp3) is 0.722. The predicted molar refractivity (Wildman–Crippen MR) is 93.1 cm³/mol. The molecule has 4 rings (SSSR count). The minimum Gasteiger partial charge on any atom is -0.353 e. The van der Waals surface area contributed by atoms with Gasteiger partial charge in [0.25, 0.3) is 5.91 Å². The Balaban J connectivity index is 1.52. The number of likely N-dealkylation sites (N-methyl/N-ethyl adjacent to an activating group) is 1. The topological polar surface area (TPSA) is 52.6 Å². The third-order valence-corrected chi connectivity index (χ3v) is 5.78. The van der Waals surface area contributed by atoms with E-state index in [0.29, 0.717) is 17.7 Å². The Kier molecular flexibility index (Phi) is 4.16. The maximum Gasteiger partial charge on any atom is 0.274 e. The van der Waals surface area contributed by atoms with Gasteiger partial charge in [-0.1, -0.05) is 0 Å². The molecule has 1 aromatic heterocycles. The van der Waals surface area contributed by atoms with Gasteiger partial charge in [0, 0.05) is 32.2 Å². The molecule has 1 aromatic rings. The van der Waals surface area contributed by atoms with Crippen molar-refractivity contribution < 1.29 is 4.79 Å². The molecule has 3 fully saturated rings. The van der Waals surface area contributed by atoms with Crippen LogP contribution in [0.5, 0.6) is 0 Å². The molecule has 3 aliphatic rings. The van der Waals surface area contributed by atoms with E-state index < -0.39 is 0 Å². The van der Waals surface area contributed by atoms with Crippen molar-refractivity contribution in [3.05, 3.63) is 18.1 Å². The first-order chi connectivity index (χ1) is 11.6. The van der Waals surface area contributed by atoms with Gasteiger partial charge in [-0.25, -0.2) is 4.98 Å². The first kappa shape index (κ1) is 15.8. The number of carbonyl (C=O) groups excluding carboxylic acids is 1. The van der Waals surface area contributed by atoms with Gasteiger partial charge in [0.15, 0.2) is 0 Å². The van der Waals surface area contributed by atoms with Gasteiger partial charge in [0.1, 0.15) is 11.5 Å². The summed E-state index contributed by atoms with van der Waals surface area (Å²) in [6, 6.07) is 0.567. The summed E-state index contributed by atoms with van der Waals surface area (Å²) in [7, 11) is 4.34. The molecule has 0 N–H and O–H groups in total. The predicted octanol–water partition coefficient (Wildman–Crippen LogP) is 1.49. The second-order valence-electron chi connectivity index (χ2n) is 7.70. The number of anilines is 1. The summed E-state index contributed by atoms with van der Waals surface area (Å²) in [5, 5.41) is 0. The Bertz CT molecular complexity index is 599. The maximum atomic E-state index is 12.6. The minimum atomic E-state index is 0.0314. The molecule has 0 spiro atoms. The smallest absolute Gasteiger partial charge is 0.274 e. The zero-order chi connectivity index (χ0) is 16.7. The van der Waals surface area contributed by atoms with E-state index in [9.17, 15) is 4.79 Å². The standard InChI is InChI=1S/C18H27N5O/c1-21(2)16-12-23(11-14(16)13-5-6-13)17-10-19-9-15(20-17)18(24)22-7-3-4-8-22/h9-10,13-14,16H,3-8,11-12H2,1-2H3/t14-,16+/m0/s1. The molecular formula is C18H27N5O. The SMILES string of the molecule is CN(C)[C@@H]1CN(c2cncc(C(=O)N3CCCC3)n2)C[C@H]1C1CC1. The minimum absolute atomic E-state index is 0.0314. The third kappa shape index (κ3) is 2.99. The maximum absolute atomic E-state index is 12.6. The highest BCUT2D eigenvalue weighted by molar-refractivity contribution is 5.92. The van der Waals surface area contributed by atoms with E-state index in [-0.39, 0.29) is 5.91 Å². The molecule has 2 atom stereocenters. The number of rotatable bonds is 4. The van der Waals surface area contributed by atoms with Gasteiger partial charge in [-0.2, -0.15) is 0 Å². The van der Waals surface area contributed by atoms with Crippen molar-refractivity contribution in [3.63, 3.8) is 0 Å². The van der Waals surface area contributed by atoms with Crippen molar-refractivity contribution in [3.8, 4) is 0 Å². The molecule has 0 bridgehead atoms. The molecule has 3 heterocycles. The Morgan fingerprint density at radius 1 is 1.17 bits per heavy atom. The first-order valence-corrected chi connectivity index (χ1v) is 9.16. The highest BCUT2D eigenvalue weighted by atomic mass is 16.2. The van der Waals surface area contributed by atoms with E-state index in [0.717, 1.165) is 50.8 Å².